The topological polar surface area (TPSA) is 47.6 Å². The van der Waals surface area contributed by atoms with E-state index in [9.17, 15) is 9.18 Å². The van der Waals surface area contributed by atoms with Crippen molar-refractivity contribution in [3.8, 4) is 11.5 Å². The lowest BCUT2D eigenvalue weighted by Crippen LogP contribution is -2.39. The Morgan fingerprint density at radius 1 is 1.17 bits per heavy atom. The summed E-state index contributed by atoms with van der Waals surface area (Å²) in [7, 11) is 0. The average Bonchev–Trinajstić information content (AvgIpc) is 2.59. The van der Waals surface area contributed by atoms with E-state index in [4.69, 9.17) is 9.47 Å². The predicted molar refractivity (Wildman–Crippen MR) is 90.8 cm³/mol. The van der Waals surface area contributed by atoms with Gasteiger partial charge in [0.1, 0.15) is 23.9 Å². The molecule has 0 aliphatic rings. The van der Waals surface area contributed by atoms with Gasteiger partial charge in [-0.05, 0) is 49.2 Å². The van der Waals surface area contributed by atoms with Crippen LogP contribution in [0.15, 0.2) is 48.5 Å². The molecule has 4 nitrogen and oxygen atoms in total. The van der Waals surface area contributed by atoms with Gasteiger partial charge in [0.15, 0.2) is 6.10 Å². The number of hydrogen-bond donors (Lipinski definition) is 1. The highest BCUT2D eigenvalue weighted by atomic mass is 19.1. The Labute approximate surface area is 141 Å². The number of benzene rings is 2. The largest absolute Gasteiger partial charge is 0.492 e. The van der Waals surface area contributed by atoms with Crippen LogP contribution in [0.3, 0.4) is 0 Å². The summed E-state index contributed by atoms with van der Waals surface area (Å²) in [6, 6.07) is 13.4. The standard InChI is InChI=1S/C19H22FNO3/c1-3-17(24-18-7-5-4-6-14(18)2)19(22)21-12-13-23-16-10-8-15(20)9-11-16/h4-11,17H,3,12-13H2,1-2H3,(H,21,22)/t17-/m0/s1. The summed E-state index contributed by atoms with van der Waals surface area (Å²) in [6.07, 6.45) is 0.0239. The van der Waals surface area contributed by atoms with Crippen molar-refractivity contribution in [3.63, 3.8) is 0 Å². The molecule has 1 amide bonds. The van der Waals surface area contributed by atoms with Gasteiger partial charge in [-0.15, -0.1) is 0 Å². The van der Waals surface area contributed by atoms with Crippen molar-refractivity contribution in [1.29, 1.82) is 0 Å². The van der Waals surface area contributed by atoms with Gasteiger partial charge in [-0.25, -0.2) is 4.39 Å². The molecule has 2 aromatic rings. The smallest absolute Gasteiger partial charge is 0.261 e. The fraction of sp³-hybridized carbons (Fsp3) is 0.316. The molecule has 0 heterocycles. The Bertz CT molecular complexity index is 658. The molecule has 0 aliphatic heterocycles. The van der Waals surface area contributed by atoms with Crippen LogP contribution in [0.5, 0.6) is 11.5 Å². The van der Waals surface area contributed by atoms with Crippen LogP contribution >= 0.6 is 0 Å². The minimum atomic E-state index is -0.545. The summed E-state index contributed by atoms with van der Waals surface area (Å²) < 4.78 is 24.0. The van der Waals surface area contributed by atoms with E-state index >= 15 is 0 Å². The van der Waals surface area contributed by atoms with Gasteiger partial charge in [-0.2, -0.15) is 0 Å². The minimum Gasteiger partial charge on any atom is -0.492 e. The molecule has 0 saturated carbocycles. The van der Waals surface area contributed by atoms with Gasteiger partial charge >= 0.3 is 0 Å². The molecule has 0 fully saturated rings. The van der Waals surface area contributed by atoms with Crippen molar-refractivity contribution in [2.45, 2.75) is 26.4 Å². The van der Waals surface area contributed by atoms with Gasteiger partial charge in [0.05, 0.1) is 6.54 Å². The Kier molecular flexibility index (Phi) is 6.61. The lowest BCUT2D eigenvalue weighted by atomic mass is 10.2. The molecule has 0 saturated heterocycles. The monoisotopic (exact) mass is 331 g/mol. The van der Waals surface area contributed by atoms with E-state index in [1.54, 1.807) is 12.1 Å². The fourth-order valence-corrected chi connectivity index (χ4v) is 2.15. The molecule has 0 bridgehead atoms. The molecular weight excluding hydrogens is 309 g/mol. The summed E-state index contributed by atoms with van der Waals surface area (Å²) in [6.45, 7) is 4.50. The second kappa shape index (κ2) is 8.91. The Balaban J connectivity index is 1.77. The lowest BCUT2D eigenvalue weighted by Gasteiger charge is -2.18. The first-order valence-electron chi connectivity index (χ1n) is 7.98. The Hall–Kier alpha value is -2.56. The first kappa shape index (κ1) is 17.8. The number of aryl methyl sites for hydroxylation is 1. The van der Waals surface area contributed by atoms with E-state index in [1.807, 2.05) is 38.1 Å². The maximum absolute atomic E-state index is 12.8. The first-order valence-corrected chi connectivity index (χ1v) is 7.98. The molecular formula is C19H22FNO3. The van der Waals surface area contributed by atoms with Gasteiger partial charge in [-0.3, -0.25) is 4.79 Å². The summed E-state index contributed by atoms with van der Waals surface area (Å²) in [4.78, 5) is 12.2. The predicted octanol–water partition coefficient (Wildman–Crippen LogP) is 3.49. The highest BCUT2D eigenvalue weighted by molar-refractivity contribution is 5.81. The van der Waals surface area contributed by atoms with E-state index in [2.05, 4.69) is 5.32 Å². The second-order valence-electron chi connectivity index (χ2n) is 5.37. The molecule has 0 spiro atoms. The fourth-order valence-electron chi connectivity index (χ4n) is 2.15. The zero-order valence-electron chi connectivity index (χ0n) is 13.9. The number of nitrogens with one attached hydrogen (secondary N) is 1. The Morgan fingerprint density at radius 3 is 2.54 bits per heavy atom. The molecule has 0 aliphatic carbocycles. The minimum absolute atomic E-state index is 0.177. The van der Waals surface area contributed by atoms with Gasteiger partial charge in [0.25, 0.3) is 5.91 Å². The maximum atomic E-state index is 12.8. The molecule has 1 N–H and O–H groups in total. The molecule has 0 unspecified atom stereocenters. The normalized spacial score (nSPS) is 11.6. The number of ether oxygens (including phenoxy) is 2. The van der Waals surface area contributed by atoms with Gasteiger partial charge in [-0.1, -0.05) is 25.1 Å². The second-order valence-corrected chi connectivity index (χ2v) is 5.37. The number of para-hydroxylation sites is 1. The van der Waals surface area contributed by atoms with Crippen molar-refractivity contribution in [1.82, 2.24) is 5.32 Å². The maximum Gasteiger partial charge on any atom is 0.261 e. The lowest BCUT2D eigenvalue weighted by molar-refractivity contribution is -0.128. The Morgan fingerprint density at radius 2 is 1.88 bits per heavy atom. The molecule has 2 aromatic carbocycles. The molecule has 0 radical (unpaired) electrons. The van der Waals surface area contributed by atoms with Gasteiger partial charge < -0.3 is 14.8 Å². The molecule has 0 aromatic heterocycles. The zero-order valence-corrected chi connectivity index (χ0v) is 13.9. The molecule has 24 heavy (non-hydrogen) atoms. The van der Waals surface area contributed by atoms with E-state index in [-0.39, 0.29) is 11.7 Å². The number of halogens is 1. The number of carbonyl (C=O) groups is 1. The van der Waals surface area contributed by atoms with E-state index in [0.29, 0.717) is 31.1 Å². The SMILES string of the molecule is CC[C@H](Oc1ccccc1C)C(=O)NCCOc1ccc(F)cc1. The highest BCUT2D eigenvalue weighted by Gasteiger charge is 2.18. The summed E-state index contributed by atoms with van der Waals surface area (Å²) in [5, 5.41) is 2.79. The van der Waals surface area contributed by atoms with Crippen LogP contribution in [0.4, 0.5) is 4.39 Å². The summed E-state index contributed by atoms with van der Waals surface area (Å²) in [5.74, 6) is 0.786. The van der Waals surface area contributed by atoms with Gasteiger partial charge in [0.2, 0.25) is 0 Å². The third kappa shape index (κ3) is 5.26. The first-order chi connectivity index (χ1) is 11.6. The van der Waals surface area contributed by atoms with Crippen LogP contribution in [-0.2, 0) is 4.79 Å². The summed E-state index contributed by atoms with van der Waals surface area (Å²) in [5.41, 5.74) is 0.989. The summed E-state index contributed by atoms with van der Waals surface area (Å²) >= 11 is 0. The van der Waals surface area contributed by atoms with Crippen molar-refractivity contribution in [3.05, 3.63) is 59.9 Å². The third-order valence-electron chi connectivity index (χ3n) is 3.51. The molecule has 128 valence electrons. The van der Waals surface area contributed by atoms with E-state index < -0.39 is 6.10 Å². The number of hydrogen-bond acceptors (Lipinski definition) is 3. The van der Waals surface area contributed by atoms with Gasteiger partial charge in [0, 0.05) is 0 Å². The van der Waals surface area contributed by atoms with Crippen LogP contribution in [0, 0.1) is 12.7 Å². The highest BCUT2D eigenvalue weighted by Crippen LogP contribution is 2.18. The number of carbonyl (C=O) groups excluding carboxylic acids is 1. The number of amides is 1. The van der Waals surface area contributed by atoms with Crippen LogP contribution in [0.1, 0.15) is 18.9 Å². The van der Waals surface area contributed by atoms with Crippen LogP contribution < -0.4 is 14.8 Å². The number of rotatable bonds is 8. The average molecular weight is 331 g/mol. The van der Waals surface area contributed by atoms with E-state index in [0.717, 1.165) is 5.56 Å². The van der Waals surface area contributed by atoms with E-state index in [1.165, 1.54) is 12.1 Å². The van der Waals surface area contributed by atoms with Crippen LogP contribution in [-0.4, -0.2) is 25.2 Å². The van der Waals surface area contributed by atoms with Crippen molar-refractivity contribution in [2.75, 3.05) is 13.2 Å². The van der Waals surface area contributed by atoms with Crippen molar-refractivity contribution in [2.24, 2.45) is 0 Å². The zero-order chi connectivity index (χ0) is 17.4. The quantitative estimate of drug-likeness (QED) is 0.753. The van der Waals surface area contributed by atoms with Crippen LogP contribution in [0.2, 0.25) is 0 Å². The van der Waals surface area contributed by atoms with Crippen molar-refractivity contribution < 1.29 is 18.7 Å². The third-order valence-corrected chi connectivity index (χ3v) is 3.51. The van der Waals surface area contributed by atoms with Crippen LogP contribution in [0.25, 0.3) is 0 Å². The molecule has 5 heteroatoms. The molecule has 2 rings (SSSR count). The van der Waals surface area contributed by atoms with Crippen molar-refractivity contribution >= 4 is 5.91 Å². The molecule has 1 atom stereocenters.